The van der Waals surface area contributed by atoms with E-state index in [-0.39, 0.29) is 12.4 Å². The standard InChI is InChI=1S/C9H13NO2S.ClH/c1-11-7-3-6(5-10)9(13)4-8(7)12-2;/h3-4,13H,5,10H2,1-2H3;1H. The normalized spacial score (nSPS) is 9.14. The molecule has 1 aromatic rings. The molecule has 80 valence electrons. The summed E-state index contributed by atoms with van der Waals surface area (Å²) < 4.78 is 10.2. The molecule has 0 aromatic heterocycles. The van der Waals surface area contributed by atoms with E-state index in [0.717, 1.165) is 10.5 Å². The van der Waals surface area contributed by atoms with Crippen molar-refractivity contribution in [3.8, 4) is 11.5 Å². The van der Waals surface area contributed by atoms with Crippen LogP contribution in [0, 0.1) is 0 Å². The van der Waals surface area contributed by atoms with Gasteiger partial charge in [-0.2, -0.15) is 0 Å². The molecule has 0 bridgehead atoms. The van der Waals surface area contributed by atoms with Crippen molar-refractivity contribution in [1.29, 1.82) is 0 Å². The summed E-state index contributed by atoms with van der Waals surface area (Å²) in [6, 6.07) is 3.63. The highest BCUT2D eigenvalue weighted by molar-refractivity contribution is 7.80. The highest BCUT2D eigenvalue weighted by Gasteiger charge is 2.07. The molecule has 3 nitrogen and oxygen atoms in total. The van der Waals surface area contributed by atoms with Crippen LogP contribution in [0.5, 0.6) is 11.5 Å². The lowest BCUT2D eigenvalue weighted by atomic mass is 10.2. The first-order chi connectivity index (χ1) is 6.22. The topological polar surface area (TPSA) is 44.5 Å². The molecule has 0 aliphatic rings. The Kier molecular flexibility index (Phi) is 5.76. The van der Waals surface area contributed by atoms with E-state index in [1.54, 1.807) is 20.3 Å². The summed E-state index contributed by atoms with van der Waals surface area (Å²) in [5.41, 5.74) is 6.47. The average Bonchev–Trinajstić information content (AvgIpc) is 2.17. The van der Waals surface area contributed by atoms with Gasteiger partial charge >= 0.3 is 0 Å². The summed E-state index contributed by atoms with van der Waals surface area (Å²) in [4.78, 5) is 0.820. The van der Waals surface area contributed by atoms with Gasteiger partial charge in [0.05, 0.1) is 14.2 Å². The fourth-order valence-electron chi connectivity index (χ4n) is 1.07. The van der Waals surface area contributed by atoms with Crippen LogP contribution < -0.4 is 15.2 Å². The number of ether oxygens (including phenoxy) is 2. The molecule has 0 spiro atoms. The molecule has 5 heteroatoms. The molecule has 0 unspecified atom stereocenters. The predicted molar refractivity (Wildman–Crippen MR) is 61.9 cm³/mol. The lowest BCUT2D eigenvalue weighted by molar-refractivity contribution is 0.353. The molecular weight excluding hydrogens is 222 g/mol. The first-order valence-electron chi connectivity index (χ1n) is 3.86. The number of hydrogen-bond donors (Lipinski definition) is 2. The Labute approximate surface area is 95.4 Å². The Bertz CT molecular complexity index is 307. The van der Waals surface area contributed by atoms with Crippen LogP contribution in [0.2, 0.25) is 0 Å². The number of hydrogen-bond acceptors (Lipinski definition) is 4. The van der Waals surface area contributed by atoms with Crippen molar-refractivity contribution in [3.63, 3.8) is 0 Å². The van der Waals surface area contributed by atoms with E-state index in [0.29, 0.717) is 18.0 Å². The van der Waals surface area contributed by atoms with Gasteiger partial charge in [0.25, 0.3) is 0 Å². The van der Waals surface area contributed by atoms with Crippen molar-refractivity contribution in [1.82, 2.24) is 0 Å². The van der Waals surface area contributed by atoms with E-state index in [9.17, 15) is 0 Å². The van der Waals surface area contributed by atoms with Crippen molar-refractivity contribution in [2.24, 2.45) is 5.73 Å². The second-order valence-corrected chi connectivity index (χ2v) is 3.02. The van der Waals surface area contributed by atoms with Gasteiger partial charge in [-0.25, -0.2) is 0 Å². The molecule has 2 N–H and O–H groups in total. The number of nitrogens with two attached hydrogens (primary N) is 1. The van der Waals surface area contributed by atoms with Gasteiger partial charge in [-0.1, -0.05) is 0 Å². The number of methoxy groups -OCH3 is 2. The molecule has 0 saturated carbocycles. The first kappa shape index (κ1) is 13.4. The smallest absolute Gasteiger partial charge is 0.161 e. The summed E-state index contributed by atoms with van der Waals surface area (Å²) in [7, 11) is 3.18. The molecule has 0 fully saturated rings. The molecule has 1 rings (SSSR count). The molecule has 0 radical (unpaired) electrons. The molecular formula is C9H14ClNO2S. The molecule has 0 heterocycles. The average molecular weight is 236 g/mol. The van der Waals surface area contributed by atoms with Gasteiger partial charge in [-0.15, -0.1) is 25.0 Å². The third-order valence-corrected chi connectivity index (χ3v) is 2.22. The van der Waals surface area contributed by atoms with Crippen LogP contribution in [0.15, 0.2) is 17.0 Å². The molecule has 1 aromatic carbocycles. The molecule has 0 aliphatic carbocycles. The summed E-state index contributed by atoms with van der Waals surface area (Å²) in [6.07, 6.45) is 0. The van der Waals surface area contributed by atoms with Crippen molar-refractivity contribution in [2.75, 3.05) is 14.2 Å². The van der Waals surface area contributed by atoms with Crippen molar-refractivity contribution >= 4 is 25.0 Å². The SMILES string of the molecule is COc1cc(S)c(CN)cc1OC.Cl. The predicted octanol–water partition coefficient (Wildman–Crippen LogP) is 1.87. The molecule has 14 heavy (non-hydrogen) atoms. The molecule has 0 atom stereocenters. The zero-order valence-corrected chi connectivity index (χ0v) is 9.82. The maximum Gasteiger partial charge on any atom is 0.161 e. The van der Waals surface area contributed by atoms with Crippen LogP contribution in [0.4, 0.5) is 0 Å². The summed E-state index contributed by atoms with van der Waals surface area (Å²) >= 11 is 4.27. The van der Waals surface area contributed by atoms with Crippen LogP contribution in [-0.4, -0.2) is 14.2 Å². The van der Waals surface area contributed by atoms with E-state index in [2.05, 4.69) is 12.6 Å². The Hall–Kier alpha value is -0.580. The minimum absolute atomic E-state index is 0. The van der Waals surface area contributed by atoms with Gasteiger partial charge < -0.3 is 15.2 Å². The van der Waals surface area contributed by atoms with Crippen LogP contribution in [0.1, 0.15) is 5.56 Å². The molecule has 0 saturated heterocycles. The van der Waals surface area contributed by atoms with Crippen LogP contribution >= 0.6 is 25.0 Å². The second-order valence-electron chi connectivity index (χ2n) is 2.54. The van der Waals surface area contributed by atoms with E-state index < -0.39 is 0 Å². The number of thiol groups is 1. The number of halogens is 1. The van der Waals surface area contributed by atoms with Crippen molar-refractivity contribution < 1.29 is 9.47 Å². The summed E-state index contributed by atoms with van der Waals surface area (Å²) in [5, 5.41) is 0. The van der Waals surface area contributed by atoms with Crippen LogP contribution in [0.3, 0.4) is 0 Å². The highest BCUT2D eigenvalue weighted by Crippen LogP contribution is 2.31. The zero-order chi connectivity index (χ0) is 9.84. The van der Waals surface area contributed by atoms with E-state index in [1.807, 2.05) is 6.07 Å². The van der Waals surface area contributed by atoms with E-state index in [1.165, 1.54) is 0 Å². The second kappa shape index (κ2) is 6.01. The summed E-state index contributed by atoms with van der Waals surface area (Å²) in [5.74, 6) is 1.35. The first-order valence-corrected chi connectivity index (χ1v) is 4.31. The minimum Gasteiger partial charge on any atom is -0.493 e. The maximum absolute atomic E-state index is 5.52. The Morgan fingerprint density at radius 3 is 2.14 bits per heavy atom. The summed E-state index contributed by atoms with van der Waals surface area (Å²) in [6.45, 7) is 0.444. The van der Waals surface area contributed by atoms with Crippen molar-refractivity contribution in [3.05, 3.63) is 17.7 Å². The van der Waals surface area contributed by atoms with E-state index >= 15 is 0 Å². The zero-order valence-electron chi connectivity index (χ0n) is 8.11. The van der Waals surface area contributed by atoms with E-state index in [4.69, 9.17) is 15.2 Å². The molecule has 0 aliphatic heterocycles. The van der Waals surface area contributed by atoms with Gasteiger partial charge in [-0.3, -0.25) is 0 Å². The Morgan fingerprint density at radius 1 is 1.21 bits per heavy atom. The largest absolute Gasteiger partial charge is 0.493 e. The number of benzene rings is 1. The minimum atomic E-state index is 0. The quantitative estimate of drug-likeness (QED) is 0.787. The maximum atomic E-state index is 5.52. The lowest BCUT2D eigenvalue weighted by Gasteiger charge is -2.10. The number of rotatable bonds is 3. The monoisotopic (exact) mass is 235 g/mol. The Balaban J connectivity index is 0.00000169. The van der Waals surface area contributed by atoms with Crippen LogP contribution in [-0.2, 0) is 6.54 Å². The van der Waals surface area contributed by atoms with Gasteiger partial charge in [0.15, 0.2) is 11.5 Å². The van der Waals surface area contributed by atoms with Gasteiger partial charge in [-0.05, 0) is 17.7 Å². The van der Waals surface area contributed by atoms with Gasteiger partial charge in [0.1, 0.15) is 0 Å². The fourth-order valence-corrected chi connectivity index (χ4v) is 1.35. The highest BCUT2D eigenvalue weighted by atomic mass is 35.5. The lowest BCUT2D eigenvalue weighted by Crippen LogP contribution is -1.99. The van der Waals surface area contributed by atoms with Gasteiger partial charge in [0, 0.05) is 11.4 Å². The van der Waals surface area contributed by atoms with Crippen molar-refractivity contribution in [2.45, 2.75) is 11.4 Å². The van der Waals surface area contributed by atoms with Crippen LogP contribution in [0.25, 0.3) is 0 Å². The fraction of sp³-hybridized carbons (Fsp3) is 0.333. The molecule has 0 amide bonds. The third kappa shape index (κ3) is 2.70. The Morgan fingerprint density at radius 2 is 1.71 bits per heavy atom. The van der Waals surface area contributed by atoms with Gasteiger partial charge in [0.2, 0.25) is 0 Å². The third-order valence-electron chi connectivity index (χ3n) is 1.80.